The summed E-state index contributed by atoms with van der Waals surface area (Å²) in [4.78, 5) is 11.6. The summed E-state index contributed by atoms with van der Waals surface area (Å²) in [5, 5.41) is 12.2. The van der Waals surface area contributed by atoms with Crippen molar-refractivity contribution < 1.29 is 19.0 Å². The number of amides is 1. The molecular weight excluding hydrogens is 261 g/mol. The van der Waals surface area contributed by atoms with Crippen molar-refractivity contribution in [2.24, 2.45) is 0 Å². The molecule has 0 aromatic heterocycles. The molecule has 0 spiro atoms. The molecule has 0 aliphatic carbocycles. The summed E-state index contributed by atoms with van der Waals surface area (Å²) in [5.74, 6) is -1.19. The van der Waals surface area contributed by atoms with Gasteiger partial charge in [-0.3, -0.25) is 4.79 Å². The smallest absolute Gasteiger partial charge is 0.254 e. The largest absolute Gasteiger partial charge is 0.391 e. The molecule has 0 saturated carbocycles. The molecule has 1 aromatic carbocycles. The van der Waals surface area contributed by atoms with Crippen LogP contribution in [0.25, 0.3) is 0 Å². The highest BCUT2D eigenvalue weighted by Gasteiger charge is 2.12. The molecule has 6 heteroatoms. The molecule has 1 amide bonds. The van der Waals surface area contributed by atoms with Gasteiger partial charge in [0.1, 0.15) is 5.82 Å². The van der Waals surface area contributed by atoms with Crippen molar-refractivity contribution in [3.05, 3.63) is 34.6 Å². The number of halogens is 2. The molecule has 0 bridgehead atoms. The fourth-order valence-corrected chi connectivity index (χ4v) is 1.57. The fraction of sp³-hybridized carbons (Fsp3) is 0.417. The molecule has 0 heterocycles. The number of ether oxygens (including phenoxy) is 1. The quantitative estimate of drug-likeness (QED) is 0.829. The van der Waals surface area contributed by atoms with Crippen LogP contribution in [0, 0.1) is 5.82 Å². The van der Waals surface area contributed by atoms with E-state index < -0.39 is 17.8 Å². The summed E-state index contributed by atoms with van der Waals surface area (Å²) < 4.78 is 18.1. The fourth-order valence-electron chi connectivity index (χ4n) is 1.39. The summed E-state index contributed by atoms with van der Waals surface area (Å²) >= 11 is 5.68. The number of carbonyl (C=O) groups is 1. The summed E-state index contributed by atoms with van der Waals surface area (Å²) in [6.45, 7) is 0.427. The SMILES string of the molecule is COCC(O)CCNC(=O)c1cc(Cl)ccc1F. The van der Waals surface area contributed by atoms with Crippen molar-refractivity contribution in [3.8, 4) is 0 Å². The summed E-state index contributed by atoms with van der Waals surface area (Å²) in [5.41, 5.74) is -0.108. The van der Waals surface area contributed by atoms with Gasteiger partial charge in [0.05, 0.1) is 18.3 Å². The highest BCUT2D eigenvalue weighted by molar-refractivity contribution is 6.30. The zero-order chi connectivity index (χ0) is 13.5. The lowest BCUT2D eigenvalue weighted by atomic mass is 10.2. The Balaban J connectivity index is 2.48. The van der Waals surface area contributed by atoms with E-state index >= 15 is 0 Å². The third-order valence-electron chi connectivity index (χ3n) is 2.30. The van der Waals surface area contributed by atoms with Crippen molar-refractivity contribution in [3.63, 3.8) is 0 Å². The molecule has 1 rings (SSSR count). The van der Waals surface area contributed by atoms with E-state index in [1.54, 1.807) is 0 Å². The van der Waals surface area contributed by atoms with E-state index in [2.05, 4.69) is 5.32 Å². The third kappa shape index (κ3) is 4.60. The lowest BCUT2D eigenvalue weighted by Crippen LogP contribution is -2.29. The van der Waals surface area contributed by atoms with Gasteiger partial charge in [0.2, 0.25) is 0 Å². The van der Waals surface area contributed by atoms with Crippen LogP contribution < -0.4 is 5.32 Å². The Hall–Kier alpha value is -1.17. The average Bonchev–Trinajstić information content (AvgIpc) is 2.32. The molecule has 0 radical (unpaired) electrons. The highest BCUT2D eigenvalue weighted by Crippen LogP contribution is 2.14. The molecular formula is C12H15ClFNO3. The minimum Gasteiger partial charge on any atom is -0.391 e. The Kier molecular flexibility index (Phi) is 6.04. The van der Waals surface area contributed by atoms with Gasteiger partial charge in [0, 0.05) is 18.7 Å². The number of aliphatic hydroxyl groups excluding tert-OH is 1. The standard InChI is InChI=1S/C12H15ClFNO3/c1-18-7-9(16)4-5-15-12(17)10-6-8(13)2-3-11(10)14/h2-3,6,9,16H,4-5,7H2,1H3,(H,15,17). The highest BCUT2D eigenvalue weighted by atomic mass is 35.5. The number of carbonyl (C=O) groups excluding carboxylic acids is 1. The predicted molar refractivity (Wildman–Crippen MR) is 66.2 cm³/mol. The first-order chi connectivity index (χ1) is 8.54. The predicted octanol–water partition coefficient (Wildman–Crippen LogP) is 1.61. The van der Waals surface area contributed by atoms with Gasteiger partial charge in [-0.2, -0.15) is 0 Å². The van der Waals surface area contributed by atoms with Crippen LogP contribution in [0.15, 0.2) is 18.2 Å². The van der Waals surface area contributed by atoms with Crippen molar-refractivity contribution in [2.45, 2.75) is 12.5 Å². The number of nitrogens with one attached hydrogen (secondary N) is 1. The first-order valence-electron chi connectivity index (χ1n) is 5.45. The van der Waals surface area contributed by atoms with Crippen molar-refractivity contribution in [1.82, 2.24) is 5.32 Å². The maximum Gasteiger partial charge on any atom is 0.254 e. The molecule has 100 valence electrons. The summed E-state index contributed by atoms with van der Waals surface area (Å²) in [6, 6.07) is 3.77. The van der Waals surface area contributed by atoms with Crippen LogP contribution in [0.3, 0.4) is 0 Å². The van der Waals surface area contributed by atoms with Crippen LogP contribution in [-0.4, -0.2) is 37.4 Å². The number of rotatable bonds is 6. The Morgan fingerprint density at radius 3 is 3.00 bits per heavy atom. The van der Waals surface area contributed by atoms with Crippen LogP contribution >= 0.6 is 11.6 Å². The number of hydrogen-bond acceptors (Lipinski definition) is 3. The number of methoxy groups -OCH3 is 1. The van der Waals surface area contributed by atoms with Crippen LogP contribution in [-0.2, 0) is 4.74 Å². The van der Waals surface area contributed by atoms with E-state index in [0.717, 1.165) is 6.07 Å². The maximum absolute atomic E-state index is 13.3. The van der Waals surface area contributed by atoms with Gasteiger partial charge in [-0.15, -0.1) is 0 Å². The third-order valence-corrected chi connectivity index (χ3v) is 2.53. The van der Waals surface area contributed by atoms with E-state index in [4.69, 9.17) is 16.3 Å². The summed E-state index contributed by atoms with van der Waals surface area (Å²) in [7, 11) is 1.48. The molecule has 2 N–H and O–H groups in total. The zero-order valence-electron chi connectivity index (χ0n) is 9.95. The van der Waals surface area contributed by atoms with Gasteiger partial charge in [-0.05, 0) is 24.6 Å². The van der Waals surface area contributed by atoms with Crippen LogP contribution in [0.5, 0.6) is 0 Å². The van der Waals surface area contributed by atoms with Gasteiger partial charge < -0.3 is 15.2 Å². The second kappa shape index (κ2) is 7.31. The molecule has 1 aromatic rings. The van der Waals surface area contributed by atoms with Gasteiger partial charge in [0.15, 0.2) is 0 Å². The Morgan fingerprint density at radius 1 is 1.61 bits per heavy atom. The average molecular weight is 276 g/mol. The minimum absolute atomic E-state index is 0.108. The summed E-state index contributed by atoms with van der Waals surface area (Å²) in [6.07, 6.45) is -0.318. The maximum atomic E-state index is 13.3. The van der Waals surface area contributed by atoms with Gasteiger partial charge in [0.25, 0.3) is 5.91 Å². The van der Waals surface area contributed by atoms with E-state index in [-0.39, 0.29) is 18.7 Å². The first kappa shape index (κ1) is 14.9. The van der Waals surface area contributed by atoms with Crippen LogP contribution in [0.2, 0.25) is 5.02 Å². The van der Waals surface area contributed by atoms with E-state index in [0.29, 0.717) is 11.4 Å². The molecule has 1 atom stereocenters. The number of benzene rings is 1. The molecule has 4 nitrogen and oxygen atoms in total. The molecule has 0 saturated heterocycles. The zero-order valence-corrected chi connectivity index (χ0v) is 10.7. The first-order valence-corrected chi connectivity index (χ1v) is 5.82. The topological polar surface area (TPSA) is 58.6 Å². The Bertz CT molecular complexity index is 414. The van der Waals surface area contributed by atoms with Gasteiger partial charge in [-0.1, -0.05) is 11.6 Å². The van der Waals surface area contributed by atoms with Gasteiger partial charge >= 0.3 is 0 Å². The van der Waals surface area contributed by atoms with Crippen molar-refractivity contribution in [2.75, 3.05) is 20.3 Å². The van der Waals surface area contributed by atoms with E-state index in [9.17, 15) is 14.3 Å². The molecule has 0 aliphatic heterocycles. The Morgan fingerprint density at radius 2 is 2.33 bits per heavy atom. The molecule has 1 unspecified atom stereocenters. The second-order valence-electron chi connectivity index (χ2n) is 3.78. The Labute approximate surface area is 110 Å². The van der Waals surface area contributed by atoms with Gasteiger partial charge in [-0.25, -0.2) is 4.39 Å². The van der Waals surface area contributed by atoms with Crippen LogP contribution in [0.4, 0.5) is 4.39 Å². The second-order valence-corrected chi connectivity index (χ2v) is 4.21. The molecule has 0 fully saturated rings. The molecule has 18 heavy (non-hydrogen) atoms. The number of aliphatic hydroxyl groups is 1. The van der Waals surface area contributed by atoms with Crippen molar-refractivity contribution in [1.29, 1.82) is 0 Å². The molecule has 0 aliphatic rings. The van der Waals surface area contributed by atoms with Crippen molar-refractivity contribution >= 4 is 17.5 Å². The lowest BCUT2D eigenvalue weighted by molar-refractivity contribution is 0.0587. The van der Waals surface area contributed by atoms with E-state index in [1.165, 1.54) is 19.2 Å². The minimum atomic E-state index is -0.653. The number of hydrogen-bond donors (Lipinski definition) is 2. The lowest BCUT2D eigenvalue weighted by Gasteiger charge is -2.10. The normalized spacial score (nSPS) is 12.2. The monoisotopic (exact) mass is 275 g/mol. The van der Waals surface area contributed by atoms with Crippen LogP contribution in [0.1, 0.15) is 16.8 Å². The van der Waals surface area contributed by atoms with E-state index in [1.807, 2.05) is 0 Å².